The van der Waals surface area contributed by atoms with Gasteiger partial charge in [0.25, 0.3) is 15.9 Å². The van der Waals surface area contributed by atoms with Crippen LogP contribution in [-0.2, 0) is 19.6 Å². The number of amides is 2. The van der Waals surface area contributed by atoms with Crippen LogP contribution in [0, 0.1) is 11.8 Å². The quantitative estimate of drug-likeness (QED) is 0.362. The monoisotopic (exact) mass is 687 g/mol. The third kappa shape index (κ3) is 9.85. The number of hydrogen-bond donors (Lipinski definition) is 2. The van der Waals surface area contributed by atoms with Crippen molar-refractivity contribution in [1.29, 1.82) is 0 Å². The third-order valence-electron chi connectivity index (χ3n) is 9.46. The van der Waals surface area contributed by atoms with E-state index in [-0.39, 0.29) is 59.2 Å². The summed E-state index contributed by atoms with van der Waals surface area (Å²) in [6, 6.07) is 10.1. The molecule has 0 unspecified atom stereocenters. The lowest BCUT2D eigenvalue weighted by atomic mass is 9.88. The first kappa shape index (κ1) is 37.5. The van der Waals surface area contributed by atoms with E-state index in [0.717, 1.165) is 44.9 Å². The molecule has 1 aliphatic carbocycles. The highest BCUT2D eigenvalue weighted by Gasteiger charge is 2.32. The van der Waals surface area contributed by atoms with Gasteiger partial charge in [0.1, 0.15) is 11.5 Å². The zero-order valence-corrected chi connectivity index (χ0v) is 29.8. The minimum atomic E-state index is -3.98. The molecule has 0 bridgehead atoms. The van der Waals surface area contributed by atoms with E-state index in [1.54, 1.807) is 41.0 Å². The van der Waals surface area contributed by atoms with Crippen molar-refractivity contribution < 1.29 is 37.3 Å². The Morgan fingerprint density at radius 3 is 2.42 bits per heavy atom. The molecule has 0 aromatic heterocycles. The predicted molar refractivity (Wildman–Crippen MR) is 185 cm³/mol. The van der Waals surface area contributed by atoms with Crippen LogP contribution in [0.25, 0.3) is 0 Å². The predicted octanol–water partition coefficient (Wildman–Crippen LogP) is 5.33. The van der Waals surface area contributed by atoms with E-state index >= 15 is 0 Å². The number of benzene rings is 2. The molecule has 2 amide bonds. The molecule has 0 saturated heterocycles. The molecule has 266 valence electrons. The Kier molecular flexibility index (Phi) is 13.5. The lowest BCUT2D eigenvalue weighted by molar-refractivity contribution is -0.137. The van der Waals surface area contributed by atoms with Crippen LogP contribution in [0.2, 0.25) is 0 Å². The van der Waals surface area contributed by atoms with E-state index in [0.29, 0.717) is 24.7 Å². The molecule has 1 heterocycles. The Morgan fingerprint density at radius 2 is 1.75 bits per heavy atom. The van der Waals surface area contributed by atoms with Crippen molar-refractivity contribution in [3.63, 3.8) is 0 Å². The maximum atomic E-state index is 14.4. The fourth-order valence-electron chi connectivity index (χ4n) is 6.44. The number of carbonyl (C=O) groups excluding carboxylic acids is 2. The number of carbonyl (C=O) groups is 2. The SMILES string of the molecule is COc1ccc(S(=O)(=O)Nc2ccc3c(c2)C(=O)N([C@H](C)CO)C[C@@H](C)[C@@H](CN(C)C(=O)C2CCCCC2)OCCCC[C@@H](C)O3)cc1. The van der Waals surface area contributed by atoms with Crippen LogP contribution < -0.4 is 14.2 Å². The second kappa shape index (κ2) is 17.3. The lowest BCUT2D eigenvalue weighted by Gasteiger charge is -2.36. The van der Waals surface area contributed by atoms with Crippen molar-refractivity contribution in [2.24, 2.45) is 11.8 Å². The van der Waals surface area contributed by atoms with Gasteiger partial charge in [0.2, 0.25) is 5.91 Å². The first-order valence-electron chi connectivity index (χ1n) is 17.2. The zero-order valence-electron chi connectivity index (χ0n) is 29.0. The standard InChI is InChI=1S/C36H53N3O8S/c1-25-22-39(26(2)24-40)36(42)32-21-29(37-48(43,44)31-17-15-30(45-5)16-18-31)14-19-33(32)47-27(3)11-9-10-20-46-34(25)23-38(4)35(41)28-12-7-6-8-13-28/h14-19,21,25-28,34,37,40H,6-13,20,22-24H2,1-5H3/t25-,26-,27-,34-/m1/s1. The average molecular weight is 688 g/mol. The van der Waals surface area contributed by atoms with Crippen LogP contribution in [0.15, 0.2) is 47.4 Å². The number of anilines is 1. The summed E-state index contributed by atoms with van der Waals surface area (Å²) >= 11 is 0. The first-order chi connectivity index (χ1) is 22.9. The molecule has 2 N–H and O–H groups in total. The molecular weight excluding hydrogens is 634 g/mol. The van der Waals surface area contributed by atoms with Crippen molar-refractivity contribution in [2.45, 2.75) is 95.3 Å². The second-order valence-corrected chi connectivity index (χ2v) is 15.0. The number of ether oxygens (including phenoxy) is 3. The molecule has 0 radical (unpaired) electrons. The van der Waals surface area contributed by atoms with Crippen LogP contribution in [-0.4, -0.2) is 93.8 Å². The summed E-state index contributed by atoms with van der Waals surface area (Å²) in [7, 11) is -0.642. The average Bonchev–Trinajstić information content (AvgIpc) is 3.09. The van der Waals surface area contributed by atoms with Crippen LogP contribution >= 0.6 is 0 Å². The number of nitrogens with zero attached hydrogens (tertiary/aromatic N) is 2. The maximum absolute atomic E-state index is 14.4. The minimum absolute atomic E-state index is 0.0411. The molecule has 48 heavy (non-hydrogen) atoms. The molecule has 12 heteroatoms. The van der Waals surface area contributed by atoms with Crippen molar-refractivity contribution in [3.8, 4) is 11.5 Å². The molecule has 1 fully saturated rings. The normalized spacial score (nSPS) is 22.5. The number of nitrogens with one attached hydrogen (secondary N) is 1. The number of likely N-dealkylation sites (N-methyl/N-ethyl adjacent to an activating group) is 1. The van der Waals surface area contributed by atoms with Gasteiger partial charge in [-0.1, -0.05) is 26.2 Å². The molecular formula is C36H53N3O8S. The van der Waals surface area contributed by atoms with E-state index in [9.17, 15) is 23.1 Å². The Morgan fingerprint density at radius 1 is 1.06 bits per heavy atom. The van der Waals surface area contributed by atoms with Gasteiger partial charge in [-0.3, -0.25) is 14.3 Å². The molecule has 4 atom stereocenters. The highest BCUT2D eigenvalue weighted by molar-refractivity contribution is 7.92. The van der Waals surface area contributed by atoms with E-state index in [2.05, 4.69) is 4.72 Å². The van der Waals surface area contributed by atoms with E-state index in [4.69, 9.17) is 14.2 Å². The number of sulfonamides is 1. The van der Waals surface area contributed by atoms with Crippen molar-refractivity contribution >= 4 is 27.5 Å². The van der Waals surface area contributed by atoms with Gasteiger partial charge in [0.05, 0.1) is 42.4 Å². The summed E-state index contributed by atoms with van der Waals surface area (Å²) in [5, 5.41) is 10.2. The van der Waals surface area contributed by atoms with E-state index in [1.807, 2.05) is 20.9 Å². The van der Waals surface area contributed by atoms with Gasteiger partial charge < -0.3 is 29.1 Å². The number of hydrogen-bond acceptors (Lipinski definition) is 8. The van der Waals surface area contributed by atoms with Gasteiger partial charge in [-0.25, -0.2) is 8.42 Å². The summed E-state index contributed by atoms with van der Waals surface area (Å²) in [6.45, 7) is 6.59. The topological polar surface area (TPSA) is 135 Å². The third-order valence-corrected chi connectivity index (χ3v) is 10.9. The van der Waals surface area contributed by atoms with Gasteiger partial charge in [0.15, 0.2) is 0 Å². The number of fused-ring (bicyclic) bond motifs is 1. The zero-order chi connectivity index (χ0) is 34.8. The molecule has 11 nitrogen and oxygen atoms in total. The van der Waals surface area contributed by atoms with Gasteiger partial charge in [0, 0.05) is 44.3 Å². The number of aliphatic hydroxyl groups excluding tert-OH is 1. The Hall–Kier alpha value is -3.35. The van der Waals surface area contributed by atoms with Gasteiger partial charge in [-0.2, -0.15) is 0 Å². The summed E-state index contributed by atoms with van der Waals surface area (Å²) in [5.74, 6) is 0.460. The smallest absolute Gasteiger partial charge is 0.261 e. The second-order valence-electron chi connectivity index (χ2n) is 13.3. The molecule has 2 aromatic rings. The molecule has 4 rings (SSSR count). The minimum Gasteiger partial charge on any atom is -0.497 e. The highest BCUT2D eigenvalue weighted by Crippen LogP contribution is 2.30. The van der Waals surface area contributed by atoms with Crippen LogP contribution in [0.5, 0.6) is 11.5 Å². The number of methoxy groups -OCH3 is 1. The summed E-state index contributed by atoms with van der Waals surface area (Å²) in [5.41, 5.74) is 0.382. The fraction of sp³-hybridized carbons (Fsp3) is 0.611. The lowest BCUT2D eigenvalue weighted by Crippen LogP contribution is -2.48. The molecule has 2 aromatic carbocycles. The van der Waals surface area contributed by atoms with Crippen LogP contribution in [0.4, 0.5) is 5.69 Å². The van der Waals surface area contributed by atoms with Crippen molar-refractivity contribution in [2.75, 3.05) is 45.2 Å². The fourth-order valence-corrected chi connectivity index (χ4v) is 7.49. The molecule has 1 saturated carbocycles. The Bertz CT molecular complexity index is 1460. The summed E-state index contributed by atoms with van der Waals surface area (Å²) in [4.78, 5) is 31.2. The van der Waals surface area contributed by atoms with Crippen LogP contribution in [0.1, 0.15) is 82.5 Å². The Balaban J connectivity index is 1.63. The Labute approximate surface area is 286 Å². The summed E-state index contributed by atoms with van der Waals surface area (Å²) in [6.07, 6.45) is 6.97. The van der Waals surface area contributed by atoms with Gasteiger partial charge >= 0.3 is 0 Å². The molecule has 2 aliphatic rings. The maximum Gasteiger partial charge on any atom is 0.261 e. The number of rotatable bonds is 9. The highest BCUT2D eigenvalue weighted by atomic mass is 32.2. The van der Waals surface area contributed by atoms with Gasteiger partial charge in [-0.15, -0.1) is 0 Å². The summed E-state index contributed by atoms with van der Waals surface area (Å²) < 4.78 is 46.9. The molecule has 1 aliphatic heterocycles. The van der Waals surface area contributed by atoms with Crippen molar-refractivity contribution in [1.82, 2.24) is 9.80 Å². The first-order valence-corrected chi connectivity index (χ1v) is 18.7. The molecule has 0 spiro atoms. The van der Waals surface area contributed by atoms with Gasteiger partial charge in [-0.05, 0) is 88.4 Å². The van der Waals surface area contributed by atoms with E-state index in [1.165, 1.54) is 31.7 Å². The number of aliphatic hydroxyl groups is 1. The van der Waals surface area contributed by atoms with Crippen molar-refractivity contribution in [3.05, 3.63) is 48.0 Å². The van der Waals surface area contributed by atoms with E-state index < -0.39 is 22.0 Å². The largest absolute Gasteiger partial charge is 0.497 e. The van der Waals surface area contributed by atoms with Crippen LogP contribution in [0.3, 0.4) is 0 Å².